The van der Waals surface area contributed by atoms with E-state index >= 15 is 0 Å². The maximum Gasteiger partial charge on any atom is 0.421 e. The molecule has 4 saturated heterocycles. The minimum absolute atomic E-state index is 0.0180. The fourth-order valence-electron chi connectivity index (χ4n) is 7.36. The number of alkyl halides is 4. The van der Waals surface area contributed by atoms with E-state index in [0.29, 0.717) is 43.3 Å². The van der Waals surface area contributed by atoms with Gasteiger partial charge in [0.15, 0.2) is 0 Å². The molecule has 4 aliphatic rings. The molecule has 2 bridgehead atoms. The Morgan fingerprint density at radius 2 is 2.02 bits per heavy atom. The quantitative estimate of drug-likeness (QED) is 0.316. The highest BCUT2D eigenvalue weighted by molar-refractivity contribution is 5.91. The molecular formula is C29H31F5N8O. The zero-order chi connectivity index (χ0) is 30.1. The lowest BCUT2D eigenvalue weighted by molar-refractivity contribution is -0.139. The first-order valence-corrected chi connectivity index (χ1v) is 14.4. The molecule has 7 heterocycles. The van der Waals surface area contributed by atoms with Gasteiger partial charge in [-0.2, -0.15) is 23.1 Å². The van der Waals surface area contributed by atoms with Gasteiger partial charge >= 0.3 is 12.2 Å². The van der Waals surface area contributed by atoms with Crippen LogP contribution < -0.4 is 20.7 Å². The van der Waals surface area contributed by atoms with E-state index in [1.807, 2.05) is 6.08 Å². The average molecular weight is 603 g/mol. The fraction of sp³-hybridized carbons (Fsp3) is 0.517. The largest absolute Gasteiger partial charge is 0.461 e. The highest BCUT2D eigenvalue weighted by Gasteiger charge is 2.49. The SMILES string of the molecule is C=CC12CCC(CN(c3nc(OCC45CCCN4CC(F)C5)nc4cc(-c5nc(N)cc(F)c5C(F)(F)F)ncc34)C1)N2. The molecule has 4 atom stereocenters. The molecule has 4 aliphatic heterocycles. The van der Waals surface area contributed by atoms with Crippen molar-refractivity contribution < 1.29 is 26.7 Å². The van der Waals surface area contributed by atoms with Gasteiger partial charge in [0.1, 0.15) is 41.5 Å². The van der Waals surface area contributed by atoms with Crippen LogP contribution in [-0.2, 0) is 6.18 Å². The maximum absolute atomic E-state index is 14.5. The lowest BCUT2D eigenvalue weighted by atomic mass is 9.95. The summed E-state index contributed by atoms with van der Waals surface area (Å²) in [5, 5.41) is 4.10. The number of rotatable bonds is 6. The summed E-state index contributed by atoms with van der Waals surface area (Å²) in [6.07, 6.45) is 1.23. The first-order valence-electron chi connectivity index (χ1n) is 14.4. The van der Waals surface area contributed by atoms with Crippen LogP contribution in [-0.4, -0.2) is 80.9 Å². The predicted molar refractivity (Wildman–Crippen MR) is 150 cm³/mol. The molecule has 0 aromatic carbocycles. The van der Waals surface area contributed by atoms with Crippen LogP contribution in [0.2, 0.25) is 0 Å². The minimum Gasteiger partial charge on any atom is -0.461 e. The van der Waals surface area contributed by atoms with E-state index in [1.165, 1.54) is 12.3 Å². The lowest BCUT2D eigenvalue weighted by Gasteiger charge is -2.40. The number of hydrogen-bond acceptors (Lipinski definition) is 9. The molecule has 4 unspecified atom stereocenters. The van der Waals surface area contributed by atoms with E-state index in [4.69, 9.17) is 15.5 Å². The van der Waals surface area contributed by atoms with Crippen LogP contribution in [0.25, 0.3) is 22.3 Å². The third-order valence-electron chi connectivity index (χ3n) is 9.32. The zero-order valence-corrected chi connectivity index (χ0v) is 23.3. The maximum atomic E-state index is 14.5. The van der Waals surface area contributed by atoms with Gasteiger partial charge in [-0.25, -0.2) is 13.8 Å². The monoisotopic (exact) mass is 602 g/mol. The highest BCUT2D eigenvalue weighted by Crippen LogP contribution is 2.42. The molecule has 9 nitrogen and oxygen atoms in total. The third-order valence-corrected chi connectivity index (χ3v) is 9.32. The number of ether oxygens (including phenoxy) is 1. The highest BCUT2D eigenvalue weighted by atomic mass is 19.4. The van der Waals surface area contributed by atoms with Gasteiger partial charge in [0.25, 0.3) is 0 Å². The van der Waals surface area contributed by atoms with Gasteiger partial charge in [0.05, 0.1) is 27.7 Å². The first kappa shape index (κ1) is 28.1. The van der Waals surface area contributed by atoms with Gasteiger partial charge in [0.2, 0.25) is 0 Å². The summed E-state index contributed by atoms with van der Waals surface area (Å²) in [4.78, 5) is 21.6. The van der Waals surface area contributed by atoms with Crippen LogP contribution in [0.15, 0.2) is 31.0 Å². The smallest absolute Gasteiger partial charge is 0.421 e. The number of aromatic nitrogens is 4. The Morgan fingerprint density at radius 3 is 2.81 bits per heavy atom. The van der Waals surface area contributed by atoms with Crippen LogP contribution in [0, 0.1) is 5.82 Å². The van der Waals surface area contributed by atoms with Crippen LogP contribution >= 0.6 is 0 Å². The van der Waals surface area contributed by atoms with E-state index < -0.39 is 40.8 Å². The fourth-order valence-corrected chi connectivity index (χ4v) is 7.36. The molecule has 0 aliphatic carbocycles. The van der Waals surface area contributed by atoms with E-state index in [1.54, 1.807) is 0 Å². The van der Waals surface area contributed by atoms with E-state index in [2.05, 4.69) is 36.6 Å². The average Bonchev–Trinajstić information content (AvgIpc) is 3.58. The van der Waals surface area contributed by atoms with Gasteiger partial charge in [-0.15, -0.1) is 6.58 Å². The molecule has 7 rings (SSSR count). The number of halogens is 5. The Balaban J connectivity index is 1.33. The van der Waals surface area contributed by atoms with Crippen molar-refractivity contribution in [1.82, 2.24) is 30.2 Å². The summed E-state index contributed by atoms with van der Waals surface area (Å²) in [5.41, 5.74) is 2.57. The topological polar surface area (TPSA) is 105 Å². The second-order valence-electron chi connectivity index (χ2n) is 12.2. The van der Waals surface area contributed by atoms with Crippen LogP contribution in [0.1, 0.15) is 37.7 Å². The Hall–Kier alpha value is -3.65. The number of nitrogen functional groups attached to an aromatic ring is 1. The lowest BCUT2D eigenvalue weighted by Crippen LogP contribution is -2.58. The van der Waals surface area contributed by atoms with Crippen LogP contribution in [0.4, 0.5) is 33.6 Å². The second-order valence-corrected chi connectivity index (χ2v) is 12.2. The molecule has 3 aromatic heterocycles. The molecule has 228 valence electrons. The molecule has 43 heavy (non-hydrogen) atoms. The molecule has 0 radical (unpaired) electrons. The number of nitrogens with zero attached hydrogens (tertiary/aromatic N) is 6. The molecule has 3 aromatic rings. The number of anilines is 2. The van der Waals surface area contributed by atoms with E-state index in [0.717, 1.165) is 32.2 Å². The van der Waals surface area contributed by atoms with Gasteiger partial charge in [-0.1, -0.05) is 6.08 Å². The van der Waals surface area contributed by atoms with Crippen molar-refractivity contribution >= 4 is 22.5 Å². The van der Waals surface area contributed by atoms with Crippen molar-refractivity contribution in [2.24, 2.45) is 0 Å². The first-order chi connectivity index (χ1) is 20.5. The molecule has 0 saturated carbocycles. The van der Waals surface area contributed by atoms with Gasteiger partial charge in [-0.3, -0.25) is 9.88 Å². The third kappa shape index (κ3) is 4.84. The normalized spacial score (nSPS) is 28.9. The summed E-state index contributed by atoms with van der Waals surface area (Å²) in [6.45, 7) is 6.54. The Labute approximate surface area is 244 Å². The van der Waals surface area contributed by atoms with Crippen molar-refractivity contribution in [1.29, 1.82) is 0 Å². The van der Waals surface area contributed by atoms with Gasteiger partial charge in [0, 0.05) is 44.4 Å². The number of nitrogens with one attached hydrogen (secondary N) is 1. The number of nitrogens with two attached hydrogens (primary N) is 1. The molecular weight excluding hydrogens is 571 g/mol. The van der Waals surface area contributed by atoms with Gasteiger partial charge in [-0.05, 0) is 38.3 Å². The molecule has 0 spiro atoms. The van der Waals surface area contributed by atoms with Crippen molar-refractivity contribution in [3.8, 4) is 17.4 Å². The molecule has 4 fully saturated rings. The summed E-state index contributed by atoms with van der Waals surface area (Å²) >= 11 is 0. The Kier molecular flexibility index (Phi) is 6.51. The molecule has 0 amide bonds. The van der Waals surface area contributed by atoms with Crippen molar-refractivity contribution in [2.75, 3.05) is 43.4 Å². The number of hydrogen-bond donors (Lipinski definition) is 2. The Morgan fingerprint density at radius 1 is 1.19 bits per heavy atom. The van der Waals surface area contributed by atoms with Crippen molar-refractivity contribution in [3.63, 3.8) is 0 Å². The summed E-state index contributed by atoms with van der Waals surface area (Å²) in [6, 6.07) is 2.05. The second kappa shape index (κ2) is 9.94. The summed E-state index contributed by atoms with van der Waals surface area (Å²) in [7, 11) is 0. The van der Waals surface area contributed by atoms with E-state index in [-0.39, 0.29) is 35.4 Å². The number of pyridine rings is 2. The predicted octanol–water partition coefficient (Wildman–Crippen LogP) is 4.28. The molecule has 14 heteroatoms. The molecule has 3 N–H and O–H groups in total. The summed E-state index contributed by atoms with van der Waals surface area (Å²) < 4.78 is 76.8. The number of piperazine rings is 1. The van der Waals surface area contributed by atoms with Crippen molar-refractivity contribution in [3.05, 3.63) is 42.4 Å². The minimum atomic E-state index is -5.04. The van der Waals surface area contributed by atoms with Crippen LogP contribution in [0.5, 0.6) is 6.01 Å². The standard InChI is InChI=1S/C29H31F5N8O/c1-2-27-6-4-17(40-27)13-41(14-27)25-18-11-36-21(24-23(29(32,33)34)19(31)8-22(35)38-24)9-20(18)37-26(39-25)43-15-28-5-3-7-42(28)12-16(30)10-28/h2,8-9,11,16-17,40H,1,3-7,10,12-15H2,(H2,35,38). The Bertz CT molecular complexity index is 1600. The van der Waals surface area contributed by atoms with Crippen molar-refractivity contribution in [2.45, 2.75) is 61.6 Å². The van der Waals surface area contributed by atoms with E-state index in [9.17, 15) is 22.0 Å². The number of fused-ring (bicyclic) bond motifs is 4. The van der Waals surface area contributed by atoms with Crippen LogP contribution in [0.3, 0.4) is 0 Å². The summed E-state index contributed by atoms with van der Waals surface area (Å²) in [5.74, 6) is -1.45. The zero-order valence-electron chi connectivity index (χ0n) is 23.3. The van der Waals surface area contributed by atoms with Gasteiger partial charge < -0.3 is 20.7 Å².